The summed E-state index contributed by atoms with van der Waals surface area (Å²) in [5.74, 6) is 0.560. The summed E-state index contributed by atoms with van der Waals surface area (Å²) in [4.78, 5) is 13.2. The molecule has 1 aliphatic carbocycles. The van der Waals surface area contributed by atoms with Crippen LogP contribution in [0.4, 0.5) is 0 Å². The van der Waals surface area contributed by atoms with Gasteiger partial charge in [0.1, 0.15) is 5.75 Å². The second-order valence-corrected chi connectivity index (χ2v) is 7.91. The van der Waals surface area contributed by atoms with Crippen LogP contribution in [0.3, 0.4) is 0 Å². The third-order valence-corrected chi connectivity index (χ3v) is 5.72. The highest BCUT2D eigenvalue weighted by atomic mass is 32.1. The number of hydrogen-bond acceptors (Lipinski definition) is 6. The highest BCUT2D eigenvalue weighted by molar-refractivity contribution is 7.73. The molecule has 4 rings (SSSR count). The Morgan fingerprint density at radius 2 is 1.90 bits per heavy atom. The summed E-state index contributed by atoms with van der Waals surface area (Å²) in [6, 6.07) is 14.8. The van der Waals surface area contributed by atoms with E-state index < -0.39 is 0 Å². The van der Waals surface area contributed by atoms with Gasteiger partial charge in [0.25, 0.3) is 0 Å². The first-order valence-electron chi connectivity index (χ1n) is 8.73. The third-order valence-electron chi connectivity index (χ3n) is 4.43. The van der Waals surface area contributed by atoms with Crippen LogP contribution in [0.2, 0.25) is 0 Å². The number of fused-ring (bicyclic) bond motifs is 1. The second kappa shape index (κ2) is 7.98. The zero-order valence-electron chi connectivity index (χ0n) is 15.4. The largest absolute Gasteiger partial charge is 0.497 e. The van der Waals surface area contributed by atoms with Crippen LogP contribution in [-0.2, 0) is 0 Å². The minimum atomic E-state index is -0.0997. The lowest BCUT2D eigenvalue weighted by Crippen LogP contribution is -2.07. The van der Waals surface area contributed by atoms with Gasteiger partial charge >= 0.3 is 0 Å². The van der Waals surface area contributed by atoms with Crippen molar-refractivity contribution >= 4 is 47.7 Å². The zero-order chi connectivity index (χ0) is 20.4. The standard InChI is InChI=1S/C22H16N2O3S2/c1-27-17-10-6-14(7-11-17)13-23-24-21(26)19(29-22(24)28)12-16-9-8-15-4-2-3-5-18(15)20(16)25/h2-13,26H,1H3/b16-12+,23-13?. The van der Waals surface area contributed by atoms with E-state index in [4.69, 9.17) is 17.0 Å². The molecule has 0 saturated carbocycles. The van der Waals surface area contributed by atoms with Gasteiger partial charge in [0, 0.05) is 11.1 Å². The number of ketones is 1. The highest BCUT2D eigenvalue weighted by Gasteiger charge is 2.19. The number of hydrogen-bond donors (Lipinski definition) is 1. The van der Waals surface area contributed by atoms with Crippen molar-refractivity contribution in [1.82, 2.24) is 4.68 Å². The van der Waals surface area contributed by atoms with Crippen LogP contribution in [0.5, 0.6) is 11.6 Å². The van der Waals surface area contributed by atoms with Crippen LogP contribution >= 0.6 is 23.6 Å². The fraction of sp³-hybridized carbons (Fsp3) is 0.0455. The Labute approximate surface area is 176 Å². The summed E-state index contributed by atoms with van der Waals surface area (Å²) in [6.45, 7) is 0. The van der Waals surface area contributed by atoms with Crippen LogP contribution in [0.15, 0.2) is 65.3 Å². The van der Waals surface area contributed by atoms with Crippen LogP contribution in [0.1, 0.15) is 26.4 Å². The Kier molecular flexibility index (Phi) is 5.24. The summed E-state index contributed by atoms with van der Waals surface area (Å²) < 4.78 is 6.79. The van der Waals surface area contributed by atoms with E-state index in [1.54, 1.807) is 31.5 Å². The van der Waals surface area contributed by atoms with E-state index in [1.807, 2.05) is 48.5 Å². The molecule has 0 unspecified atom stereocenters. The lowest BCUT2D eigenvalue weighted by atomic mass is 9.92. The number of ether oxygens (including phenoxy) is 1. The van der Waals surface area contributed by atoms with Crippen molar-refractivity contribution in [2.45, 2.75) is 0 Å². The topological polar surface area (TPSA) is 63.8 Å². The number of aromatic hydroxyl groups is 1. The minimum absolute atomic E-state index is 0.0879. The number of Topliss-reactive ketones (excluding diaryl/α,β-unsaturated/α-hetero) is 1. The van der Waals surface area contributed by atoms with Crippen molar-refractivity contribution in [1.29, 1.82) is 0 Å². The predicted molar refractivity (Wildman–Crippen MR) is 119 cm³/mol. The predicted octanol–water partition coefficient (Wildman–Crippen LogP) is 5.17. The number of benzene rings is 2. The smallest absolute Gasteiger partial charge is 0.232 e. The van der Waals surface area contributed by atoms with Crippen LogP contribution in [0, 0.1) is 3.95 Å². The van der Waals surface area contributed by atoms with E-state index in [-0.39, 0.29) is 11.7 Å². The average Bonchev–Trinajstić information content (AvgIpc) is 3.01. The molecule has 3 aromatic rings. The van der Waals surface area contributed by atoms with Gasteiger partial charge in [0.15, 0.2) is 9.74 Å². The lowest BCUT2D eigenvalue weighted by molar-refractivity contribution is 0.103. The van der Waals surface area contributed by atoms with Crippen molar-refractivity contribution in [3.05, 3.63) is 85.7 Å². The molecule has 29 heavy (non-hydrogen) atoms. The number of carbonyl (C=O) groups is 1. The SMILES string of the molecule is COc1ccc(C=Nn2c(O)c(/C=C3\C=Cc4ccccc4C3=O)sc2=S)cc1. The average molecular weight is 421 g/mol. The van der Waals surface area contributed by atoms with Crippen molar-refractivity contribution in [2.24, 2.45) is 5.10 Å². The molecular formula is C22H16N2O3S2. The number of nitrogens with zero attached hydrogens (tertiary/aromatic N) is 2. The molecule has 1 heterocycles. The van der Waals surface area contributed by atoms with E-state index in [0.717, 1.165) is 16.9 Å². The molecule has 5 nitrogen and oxygen atoms in total. The van der Waals surface area contributed by atoms with Gasteiger partial charge in [-0.3, -0.25) is 4.79 Å². The minimum Gasteiger partial charge on any atom is -0.497 e. The summed E-state index contributed by atoms with van der Waals surface area (Å²) in [7, 11) is 1.60. The molecule has 0 aliphatic heterocycles. The van der Waals surface area contributed by atoms with Crippen LogP contribution in [-0.4, -0.2) is 28.9 Å². The molecule has 0 bridgehead atoms. The van der Waals surface area contributed by atoms with E-state index >= 15 is 0 Å². The van der Waals surface area contributed by atoms with Gasteiger partial charge in [-0.1, -0.05) is 47.8 Å². The van der Waals surface area contributed by atoms with E-state index in [0.29, 0.717) is 20.0 Å². The maximum absolute atomic E-state index is 12.7. The molecular weight excluding hydrogens is 404 g/mol. The van der Waals surface area contributed by atoms with Gasteiger partial charge in [-0.15, -0.1) is 0 Å². The molecule has 0 radical (unpaired) electrons. The van der Waals surface area contributed by atoms with Gasteiger partial charge in [-0.25, -0.2) is 0 Å². The molecule has 0 saturated heterocycles. The molecule has 1 aromatic heterocycles. The van der Waals surface area contributed by atoms with Gasteiger partial charge in [0.2, 0.25) is 5.88 Å². The summed E-state index contributed by atoms with van der Waals surface area (Å²) >= 11 is 6.52. The zero-order valence-corrected chi connectivity index (χ0v) is 17.0. The molecule has 0 amide bonds. The highest BCUT2D eigenvalue weighted by Crippen LogP contribution is 2.31. The molecule has 0 spiro atoms. The molecule has 7 heteroatoms. The number of thiazole rings is 1. The summed E-state index contributed by atoms with van der Waals surface area (Å²) in [5, 5.41) is 14.8. The molecule has 1 aliphatic rings. The fourth-order valence-electron chi connectivity index (χ4n) is 2.90. The number of rotatable bonds is 4. The fourth-order valence-corrected chi connectivity index (χ4v) is 4.07. The second-order valence-electron chi connectivity index (χ2n) is 6.23. The Balaban J connectivity index is 1.64. The molecule has 1 N–H and O–H groups in total. The lowest BCUT2D eigenvalue weighted by Gasteiger charge is -2.11. The van der Waals surface area contributed by atoms with Gasteiger partial charge in [0.05, 0.1) is 18.2 Å². The Hall–Kier alpha value is -3.29. The number of methoxy groups -OCH3 is 1. The maximum Gasteiger partial charge on any atom is 0.232 e. The first-order valence-corrected chi connectivity index (χ1v) is 9.96. The Bertz CT molecular complexity index is 1230. The number of allylic oxidation sites excluding steroid dienone is 2. The third kappa shape index (κ3) is 3.83. The van der Waals surface area contributed by atoms with Crippen molar-refractivity contribution < 1.29 is 14.6 Å². The first-order chi connectivity index (χ1) is 14.1. The van der Waals surface area contributed by atoms with E-state index in [2.05, 4.69) is 5.10 Å². The van der Waals surface area contributed by atoms with E-state index in [9.17, 15) is 9.90 Å². The normalized spacial score (nSPS) is 14.5. The van der Waals surface area contributed by atoms with Crippen LogP contribution < -0.4 is 4.74 Å². The molecule has 0 fully saturated rings. The molecule has 0 atom stereocenters. The van der Waals surface area contributed by atoms with Crippen LogP contribution in [0.25, 0.3) is 12.2 Å². The van der Waals surface area contributed by atoms with Crippen molar-refractivity contribution in [2.75, 3.05) is 7.11 Å². The first kappa shape index (κ1) is 19.0. The Morgan fingerprint density at radius 1 is 1.14 bits per heavy atom. The van der Waals surface area contributed by atoms with E-state index in [1.165, 1.54) is 16.0 Å². The number of aromatic nitrogens is 1. The van der Waals surface area contributed by atoms with Gasteiger partial charge in [-0.2, -0.15) is 9.78 Å². The Morgan fingerprint density at radius 3 is 2.66 bits per heavy atom. The maximum atomic E-state index is 12.7. The van der Waals surface area contributed by atoms with Gasteiger partial charge in [-0.05, 0) is 53.7 Å². The molecule has 144 valence electrons. The van der Waals surface area contributed by atoms with Crippen molar-refractivity contribution in [3.8, 4) is 11.6 Å². The summed E-state index contributed by atoms with van der Waals surface area (Å²) in [6.07, 6.45) is 6.88. The monoisotopic (exact) mass is 420 g/mol. The van der Waals surface area contributed by atoms with Gasteiger partial charge < -0.3 is 9.84 Å². The van der Waals surface area contributed by atoms with Crippen molar-refractivity contribution in [3.63, 3.8) is 0 Å². The number of carbonyl (C=O) groups excluding carboxylic acids is 1. The quantitative estimate of drug-likeness (QED) is 0.359. The molecule has 2 aromatic carbocycles. The summed E-state index contributed by atoms with van der Waals surface area (Å²) in [5.41, 5.74) is 2.84.